The molecule has 0 fully saturated rings. The van der Waals surface area contributed by atoms with Crippen LogP contribution in [0, 0.1) is 6.92 Å². The molecule has 0 spiro atoms. The number of rotatable bonds is 6. The van der Waals surface area contributed by atoms with Gasteiger partial charge in [0, 0.05) is 25.6 Å². The number of hydrogen-bond donors (Lipinski definition) is 2. The smallest absolute Gasteiger partial charge is 0.307 e. The van der Waals surface area contributed by atoms with Crippen LogP contribution < -0.4 is 10.6 Å². The Morgan fingerprint density at radius 3 is 2.56 bits per heavy atom. The van der Waals surface area contributed by atoms with E-state index in [2.05, 4.69) is 25.3 Å². The van der Waals surface area contributed by atoms with Crippen molar-refractivity contribution in [2.75, 3.05) is 31.3 Å². The van der Waals surface area contributed by atoms with E-state index < -0.39 is 0 Å². The molecule has 0 aromatic carbocycles. The van der Waals surface area contributed by atoms with Gasteiger partial charge in [0.1, 0.15) is 17.5 Å². The first kappa shape index (κ1) is 14.2. The Kier molecular flexibility index (Phi) is 5.35. The zero-order valence-electron chi connectivity index (χ0n) is 11.3. The fraction of sp³-hybridized carbons (Fsp3) is 0.583. The van der Waals surface area contributed by atoms with Gasteiger partial charge in [-0.15, -0.1) is 0 Å². The van der Waals surface area contributed by atoms with Crippen LogP contribution in [0.5, 0.6) is 0 Å². The third-order valence-corrected chi connectivity index (χ3v) is 2.59. The standard InChI is InChI=1S/C12H20N4O2/c1-5-9-15-11(13-3)8(2)12(16-9)14-7-6-10(17)18-4/h5-7H2,1-4H3,(H2,13,14,15,16). The second-order valence-electron chi connectivity index (χ2n) is 3.82. The lowest BCUT2D eigenvalue weighted by molar-refractivity contribution is -0.140. The Labute approximate surface area is 107 Å². The van der Waals surface area contributed by atoms with Gasteiger partial charge in [-0.25, -0.2) is 9.97 Å². The number of aryl methyl sites for hydroxylation is 1. The molecule has 0 aliphatic carbocycles. The number of hydrogen-bond acceptors (Lipinski definition) is 6. The summed E-state index contributed by atoms with van der Waals surface area (Å²) >= 11 is 0. The molecule has 2 N–H and O–H groups in total. The predicted octanol–water partition coefficient (Wildman–Crippen LogP) is 1.36. The third kappa shape index (κ3) is 3.58. The first-order valence-corrected chi connectivity index (χ1v) is 5.98. The van der Waals surface area contributed by atoms with Gasteiger partial charge in [0.15, 0.2) is 0 Å². The molecule has 18 heavy (non-hydrogen) atoms. The lowest BCUT2D eigenvalue weighted by atomic mass is 10.3. The van der Waals surface area contributed by atoms with Gasteiger partial charge in [0.05, 0.1) is 13.5 Å². The Balaban J connectivity index is 2.77. The molecule has 6 heteroatoms. The minimum absolute atomic E-state index is 0.237. The highest BCUT2D eigenvalue weighted by atomic mass is 16.5. The van der Waals surface area contributed by atoms with Crippen LogP contribution >= 0.6 is 0 Å². The summed E-state index contributed by atoms with van der Waals surface area (Å²) in [6, 6.07) is 0. The number of aromatic nitrogens is 2. The minimum Gasteiger partial charge on any atom is -0.469 e. The van der Waals surface area contributed by atoms with Crippen LogP contribution in [0.15, 0.2) is 0 Å². The van der Waals surface area contributed by atoms with Crippen molar-refractivity contribution < 1.29 is 9.53 Å². The molecule has 0 radical (unpaired) electrons. The van der Waals surface area contributed by atoms with E-state index in [1.54, 1.807) is 0 Å². The van der Waals surface area contributed by atoms with Crippen molar-refractivity contribution in [3.8, 4) is 0 Å². The van der Waals surface area contributed by atoms with Crippen molar-refractivity contribution in [3.05, 3.63) is 11.4 Å². The number of anilines is 2. The summed E-state index contributed by atoms with van der Waals surface area (Å²) in [5.74, 6) is 2.10. The number of methoxy groups -OCH3 is 1. The highest BCUT2D eigenvalue weighted by Gasteiger charge is 2.09. The summed E-state index contributed by atoms with van der Waals surface area (Å²) in [5, 5.41) is 6.17. The Hall–Kier alpha value is -1.85. The van der Waals surface area contributed by atoms with Gasteiger partial charge in [-0.3, -0.25) is 4.79 Å². The van der Waals surface area contributed by atoms with Gasteiger partial charge < -0.3 is 15.4 Å². The Bertz CT molecular complexity index is 421. The normalized spacial score (nSPS) is 10.0. The molecule has 0 amide bonds. The predicted molar refractivity (Wildman–Crippen MR) is 70.8 cm³/mol. The van der Waals surface area contributed by atoms with Gasteiger partial charge in [-0.2, -0.15) is 0 Å². The molecule has 0 saturated carbocycles. The molecule has 1 aromatic rings. The molecule has 0 aliphatic heterocycles. The molecule has 0 aliphatic rings. The Morgan fingerprint density at radius 1 is 1.33 bits per heavy atom. The van der Waals surface area contributed by atoms with Crippen molar-refractivity contribution in [2.24, 2.45) is 0 Å². The fourth-order valence-electron chi connectivity index (χ4n) is 1.52. The van der Waals surface area contributed by atoms with E-state index in [0.717, 1.165) is 29.4 Å². The Morgan fingerprint density at radius 2 is 2.00 bits per heavy atom. The lowest BCUT2D eigenvalue weighted by Gasteiger charge is -2.12. The molecule has 0 bridgehead atoms. The maximum atomic E-state index is 11.0. The summed E-state index contributed by atoms with van der Waals surface area (Å²) in [6.07, 6.45) is 1.08. The molecular formula is C12H20N4O2. The number of nitrogens with one attached hydrogen (secondary N) is 2. The average Bonchev–Trinajstić information content (AvgIpc) is 2.40. The summed E-state index contributed by atoms with van der Waals surface area (Å²) < 4.78 is 4.58. The monoisotopic (exact) mass is 252 g/mol. The molecule has 1 rings (SSSR count). The highest BCUT2D eigenvalue weighted by Crippen LogP contribution is 2.19. The SMILES string of the molecule is CCc1nc(NC)c(C)c(NCCC(=O)OC)n1. The van der Waals surface area contributed by atoms with E-state index in [1.165, 1.54) is 7.11 Å². The van der Waals surface area contributed by atoms with E-state index in [9.17, 15) is 4.79 Å². The van der Waals surface area contributed by atoms with Gasteiger partial charge in [0.2, 0.25) is 0 Å². The number of esters is 1. The number of ether oxygens (including phenoxy) is 1. The molecule has 0 saturated heterocycles. The van der Waals surface area contributed by atoms with Crippen LogP contribution in [0.3, 0.4) is 0 Å². The summed E-state index contributed by atoms with van der Waals surface area (Å²) in [7, 11) is 3.21. The van der Waals surface area contributed by atoms with Crippen LogP contribution in [-0.4, -0.2) is 36.6 Å². The highest BCUT2D eigenvalue weighted by molar-refractivity contribution is 5.70. The fourth-order valence-corrected chi connectivity index (χ4v) is 1.52. The summed E-state index contributed by atoms with van der Waals surface area (Å²) in [4.78, 5) is 19.8. The van der Waals surface area contributed by atoms with Crippen LogP contribution in [0.25, 0.3) is 0 Å². The lowest BCUT2D eigenvalue weighted by Crippen LogP contribution is -2.13. The first-order chi connectivity index (χ1) is 8.62. The van der Waals surface area contributed by atoms with Gasteiger partial charge in [0.25, 0.3) is 0 Å². The van der Waals surface area contributed by atoms with Crippen molar-refractivity contribution in [1.29, 1.82) is 0 Å². The van der Waals surface area contributed by atoms with Crippen LogP contribution in [-0.2, 0) is 16.0 Å². The van der Waals surface area contributed by atoms with Gasteiger partial charge in [-0.1, -0.05) is 6.92 Å². The topological polar surface area (TPSA) is 76.1 Å². The van der Waals surface area contributed by atoms with Gasteiger partial charge in [-0.05, 0) is 6.92 Å². The second-order valence-corrected chi connectivity index (χ2v) is 3.82. The van der Waals surface area contributed by atoms with Crippen LogP contribution in [0.1, 0.15) is 24.7 Å². The third-order valence-electron chi connectivity index (χ3n) is 2.59. The molecular weight excluding hydrogens is 232 g/mol. The van der Waals surface area contributed by atoms with E-state index in [1.807, 2.05) is 20.9 Å². The largest absolute Gasteiger partial charge is 0.469 e. The molecule has 0 unspecified atom stereocenters. The zero-order chi connectivity index (χ0) is 13.5. The first-order valence-electron chi connectivity index (χ1n) is 5.98. The van der Waals surface area contributed by atoms with E-state index in [-0.39, 0.29) is 5.97 Å². The van der Waals surface area contributed by atoms with Crippen LogP contribution in [0.4, 0.5) is 11.6 Å². The number of carbonyl (C=O) groups is 1. The molecule has 6 nitrogen and oxygen atoms in total. The zero-order valence-corrected chi connectivity index (χ0v) is 11.3. The second kappa shape index (κ2) is 6.78. The van der Waals surface area contributed by atoms with Crippen molar-refractivity contribution in [1.82, 2.24) is 9.97 Å². The summed E-state index contributed by atoms with van der Waals surface area (Å²) in [6.45, 7) is 4.44. The van der Waals surface area contributed by atoms with E-state index in [0.29, 0.717) is 13.0 Å². The molecule has 1 aromatic heterocycles. The maximum absolute atomic E-state index is 11.0. The number of nitrogens with zero attached hydrogens (tertiary/aromatic N) is 2. The average molecular weight is 252 g/mol. The summed E-state index contributed by atoms with van der Waals surface area (Å²) in [5.41, 5.74) is 0.944. The quantitative estimate of drug-likeness (QED) is 0.745. The van der Waals surface area contributed by atoms with E-state index in [4.69, 9.17) is 0 Å². The van der Waals surface area contributed by atoms with Crippen molar-refractivity contribution in [3.63, 3.8) is 0 Å². The van der Waals surface area contributed by atoms with Crippen molar-refractivity contribution >= 4 is 17.6 Å². The minimum atomic E-state index is -0.237. The molecule has 1 heterocycles. The van der Waals surface area contributed by atoms with Crippen molar-refractivity contribution in [2.45, 2.75) is 26.7 Å². The van der Waals surface area contributed by atoms with Crippen LogP contribution in [0.2, 0.25) is 0 Å². The molecule has 0 atom stereocenters. The van der Waals surface area contributed by atoms with E-state index >= 15 is 0 Å². The number of carbonyl (C=O) groups excluding carboxylic acids is 1. The molecule has 100 valence electrons. The van der Waals surface area contributed by atoms with Gasteiger partial charge >= 0.3 is 5.97 Å². The maximum Gasteiger partial charge on any atom is 0.307 e.